The van der Waals surface area contributed by atoms with Crippen molar-refractivity contribution >= 4 is 29.1 Å². The van der Waals surface area contributed by atoms with Crippen LogP contribution in [0.3, 0.4) is 0 Å². The molecule has 0 fully saturated rings. The van der Waals surface area contributed by atoms with E-state index in [1.807, 2.05) is 12.1 Å². The average molecular weight is 355 g/mol. The zero-order chi connectivity index (χ0) is 18.0. The number of anilines is 3. The average Bonchev–Trinajstić information content (AvgIpc) is 2.59. The van der Waals surface area contributed by atoms with Crippen LogP contribution in [-0.2, 0) is 0 Å². The van der Waals surface area contributed by atoms with Crippen molar-refractivity contribution in [3.05, 3.63) is 58.7 Å². The highest BCUT2D eigenvalue weighted by molar-refractivity contribution is 6.32. The van der Waals surface area contributed by atoms with Gasteiger partial charge < -0.3 is 15.8 Å². The number of aromatic nitrogens is 2. The number of nitrogens with two attached hydrogens (primary N) is 1. The fraction of sp³-hybridized carbons (Fsp3) is 0.158. The van der Waals surface area contributed by atoms with Crippen molar-refractivity contribution in [3.8, 4) is 16.9 Å². The summed E-state index contributed by atoms with van der Waals surface area (Å²) >= 11 is 5.86. The van der Waals surface area contributed by atoms with Crippen LogP contribution in [0.2, 0.25) is 5.02 Å². The third-order valence-electron chi connectivity index (χ3n) is 3.93. The van der Waals surface area contributed by atoms with Gasteiger partial charge in [-0.3, -0.25) is 0 Å². The van der Waals surface area contributed by atoms with Gasteiger partial charge in [0.15, 0.2) is 0 Å². The summed E-state index contributed by atoms with van der Waals surface area (Å²) in [5.74, 6) is 1.28. The molecule has 0 aliphatic heterocycles. The van der Waals surface area contributed by atoms with Crippen LogP contribution in [0.15, 0.2) is 42.6 Å². The van der Waals surface area contributed by atoms with Crippen LogP contribution in [0.4, 0.5) is 17.5 Å². The van der Waals surface area contributed by atoms with Crippen LogP contribution in [0.25, 0.3) is 11.1 Å². The van der Waals surface area contributed by atoms with E-state index in [9.17, 15) is 0 Å². The molecule has 0 spiro atoms. The summed E-state index contributed by atoms with van der Waals surface area (Å²) in [7, 11) is 1.63. The molecule has 25 heavy (non-hydrogen) atoms. The van der Waals surface area contributed by atoms with Gasteiger partial charge in [-0.2, -0.15) is 4.98 Å². The zero-order valence-electron chi connectivity index (χ0n) is 14.3. The second kappa shape index (κ2) is 6.99. The summed E-state index contributed by atoms with van der Waals surface area (Å²) < 4.78 is 5.54. The van der Waals surface area contributed by atoms with Gasteiger partial charge in [0.1, 0.15) is 16.6 Å². The van der Waals surface area contributed by atoms with Crippen molar-refractivity contribution in [2.45, 2.75) is 13.8 Å². The molecule has 0 bridgehead atoms. The number of methoxy groups -OCH3 is 1. The van der Waals surface area contributed by atoms with E-state index in [4.69, 9.17) is 22.1 Å². The molecule has 0 saturated carbocycles. The van der Waals surface area contributed by atoms with Gasteiger partial charge in [0.2, 0.25) is 5.95 Å². The van der Waals surface area contributed by atoms with Crippen molar-refractivity contribution in [1.29, 1.82) is 0 Å². The van der Waals surface area contributed by atoms with Gasteiger partial charge in [-0.25, -0.2) is 4.98 Å². The summed E-state index contributed by atoms with van der Waals surface area (Å²) in [6.45, 7) is 4.12. The van der Waals surface area contributed by atoms with Gasteiger partial charge >= 0.3 is 0 Å². The molecule has 0 radical (unpaired) electrons. The highest BCUT2D eigenvalue weighted by Gasteiger charge is 2.12. The minimum atomic E-state index is 0.228. The standard InChI is InChI=1S/C19H19ClN4O/c1-11-4-6-13(7-5-11)14-9-17(25-3)16(8-12(14)2)23-19-22-10-15(20)18(21)24-19/h4-10H,1-3H3,(H3,21,22,23,24). The third-order valence-corrected chi connectivity index (χ3v) is 4.22. The number of hydrogen-bond donors (Lipinski definition) is 2. The lowest BCUT2D eigenvalue weighted by molar-refractivity contribution is 0.417. The molecule has 0 atom stereocenters. The van der Waals surface area contributed by atoms with Gasteiger partial charge in [0.25, 0.3) is 0 Å². The Kier molecular flexibility index (Phi) is 4.76. The molecular weight excluding hydrogens is 336 g/mol. The number of nitrogen functional groups attached to an aromatic ring is 1. The monoisotopic (exact) mass is 354 g/mol. The highest BCUT2D eigenvalue weighted by Crippen LogP contribution is 2.35. The van der Waals surface area contributed by atoms with E-state index in [2.05, 4.69) is 53.4 Å². The topological polar surface area (TPSA) is 73.1 Å². The van der Waals surface area contributed by atoms with Gasteiger partial charge in [-0.1, -0.05) is 41.4 Å². The number of rotatable bonds is 4. The van der Waals surface area contributed by atoms with Crippen LogP contribution >= 0.6 is 11.6 Å². The Hall–Kier alpha value is -2.79. The van der Waals surface area contributed by atoms with Gasteiger partial charge in [0.05, 0.1) is 19.0 Å². The second-order valence-electron chi connectivity index (χ2n) is 5.79. The van der Waals surface area contributed by atoms with Crippen LogP contribution in [-0.4, -0.2) is 17.1 Å². The van der Waals surface area contributed by atoms with E-state index >= 15 is 0 Å². The molecule has 5 nitrogen and oxygen atoms in total. The van der Waals surface area contributed by atoms with Crippen LogP contribution in [0.1, 0.15) is 11.1 Å². The molecule has 3 aromatic rings. The fourth-order valence-electron chi connectivity index (χ4n) is 2.56. The molecule has 1 heterocycles. The largest absolute Gasteiger partial charge is 0.495 e. The number of halogens is 1. The van der Waals surface area contributed by atoms with Crippen molar-refractivity contribution in [2.75, 3.05) is 18.2 Å². The molecule has 128 valence electrons. The molecule has 1 aromatic heterocycles. The molecule has 6 heteroatoms. The minimum absolute atomic E-state index is 0.228. The quantitative estimate of drug-likeness (QED) is 0.707. The Morgan fingerprint density at radius 1 is 1.12 bits per heavy atom. The van der Waals surface area contributed by atoms with E-state index < -0.39 is 0 Å². The molecule has 3 N–H and O–H groups in total. The van der Waals surface area contributed by atoms with E-state index in [1.54, 1.807) is 7.11 Å². The van der Waals surface area contributed by atoms with Crippen molar-refractivity contribution in [3.63, 3.8) is 0 Å². The Bertz CT molecular complexity index is 910. The van der Waals surface area contributed by atoms with Crippen molar-refractivity contribution in [1.82, 2.24) is 9.97 Å². The van der Waals surface area contributed by atoms with Gasteiger partial charge in [0, 0.05) is 0 Å². The molecular formula is C19H19ClN4O. The third kappa shape index (κ3) is 3.67. The van der Waals surface area contributed by atoms with Crippen LogP contribution < -0.4 is 15.8 Å². The number of hydrogen-bond acceptors (Lipinski definition) is 5. The summed E-state index contributed by atoms with van der Waals surface area (Å²) in [4.78, 5) is 8.27. The molecule has 0 saturated heterocycles. The lowest BCUT2D eigenvalue weighted by Crippen LogP contribution is -2.02. The predicted octanol–water partition coefficient (Wildman–Crippen LogP) is 4.75. The Morgan fingerprint density at radius 2 is 1.84 bits per heavy atom. The fourth-order valence-corrected chi connectivity index (χ4v) is 2.65. The minimum Gasteiger partial charge on any atom is -0.495 e. The number of aryl methyl sites for hydroxylation is 2. The summed E-state index contributed by atoms with van der Waals surface area (Å²) in [5.41, 5.74) is 11.1. The van der Waals surface area contributed by atoms with Crippen LogP contribution in [0.5, 0.6) is 5.75 Å². The number of nitrogens with zero attached hydrogens (tertiary/aromatic N) is 2. The zero-order valence-corrected chi connectivity index (χ0v) is 15.1. The first-order valence-corrected chi connectivity index (χ1v) is 8.16. The lowest BCUT2D eigenvalue weighted by atomic mass is 9.98. The number of ether oxygens (including phenoxy) is 1. The maximum absolute atomic E-state index is 5.86. The van der Waals surface area contributed by atoms with Crippen molar-refractivity contribution in [2.24, 2.45) is 0 Å². The first-order valence-electron chi connectivity index (χ1n) is 7.78. The van der Waals surface area contributed by atoms with Gasteiger partial charge in [-0.05, 0) is 42.7 Å². The molecule has 0 amide bonds. The molecule has 2 aromatic carbocycles. The predicted molar refractivity (Wildman–Crippen MR) is 103 cm³/mol. The maximum Gasteiger partial charge on any atom is 0.229 e. The van der Waals surface area contributed by atoms with E-state index in [1.165, 1.54) is 11.8 Å². The Balaban J connectivity index is 1.99. The SMILES string of the molecule is COc1cc(-c2ccc(C)cc2)c(C)cc1Nc1ncc(Cl)c(N)n1. The number of benzene rings is 2. The van der Waals surface area contributed by atoms with E-state index in [0.29, 0.717) is 16.7 Å². The maximum atomic E-state index is 5.86. The Morgan fingerprint density at radius 3 is 2.48 bits per heavy atom. The summed E-state index contributed by atoms with van der Waals surface area (Å²) in [6, 6.07) is 12.4. The smallest absolute Gasteiger partial charge is 0.229 e. The van der Waals surface area contributed by atoms with E-state index in [-0.39, 0.29) is 5.82 Å². The summed E-state index contributed by atoms with van der Waals surface area (Å²) in [6.07, 6.45) is 1.46. The molecule has 0 unspecified atom stereocenters. The molecule has 3 rings (SSSR count). The van der Waals surface area contributed by atoms with Crippen molar-refractivity contribution < 1.29 is 4.74 Å². The second-order valence-corrected chi connectivity index (χ2v) is 6.19. The highest BCUT2D eigenvalue weighted by atomic mass is 35.5. The van der Waals surface area contributed by atoms with Crippen LogP contribution in [0, 0.1) is 13.8 Å². The van der Waals surface area contributed by atoms with Gasteiger partial charge in [-0.15, -0.1) is 0 Å². The first-order chi connectivity index (χ1) is 12.0. The molecule has 0 aliphatic carbocycles. The summed E-state index contributed by atoms with van der Waals surface area (Å²) in [5, 5.41) is 3.46. The lowest BCUT2D eigenvalue weighted by Gasteiger charge is -2.15. The number of nitrogens with one attached hydrogen (secondary N) is 1. The van der Waals surface area contributed by atoms with E-state index in [0.717, 1.165) is 22.4 Å². The first kappa shape index (κ1) is 17.0. The Labute approximate surface area is 151 Å². The normalized spacial score (nSPS) is 10.6. The molecule has 0 aliphatic rings.